The summed E-state index contributed by atoms with van der Waals surface area (Å²) in [5.41, 5.74) is 2.08. The number of rotatable bonds is 4. The van der Waals surface area contributed by atoms with Gasteiger partial charge in [0.2, 0.25) is 5.91 Å². The van der Waals surface area contributed by atoms with Crippen molar-refractivity contribution in [1.82, 2.24) is 14.7 Å². The van der Waals surface area contributed by atoms with Crippen LogP contribution in [-0.2, 0) is 11.8 Å². The number of amides is 2. The lowest BCUT2D eigenvalue weighted by Crippen LogP contribution is -2.29. The van der Waals surface area contributed by atoms with Gasteiger partial charge in [0.05, 0.1) is 17.4 Å². The minimum Gasteiger partial charge on any atom is -0.339 e. The lowest BCUT2D eigenvalue weighted by molar-refractivity contribution is -0.117. The normalized spacial score (nSPS) is 21.7. The number of hydrogen-bond acceptors (Lipinski definition) is 3. The molecule has 2 amide bonds. The molecule has 2 aromatic rings. The molecule has 2 heterocycles. The first kappa shape index (κ1) is 17.1. The number of nitrogens with zero attached hydrogens (tertiary/aromatic N) is 3. The summed E-state index contributed by atoms with van der Waals surface area (Å²) in [7, 11) is 1.86. The molecule has 0 unspecified atom stereocenters. The summed E-state index contributed by atoms with van der Waals surface area (Å²) >= 11 is 6.10. The molecule has 2 atom stereocenters. The lowest BCUT2D eigenvalue weighted by atomic mass is 10.1. The van der Waals surface area contributed by atoms with Gasteiger partial charge in [-0.2, -0.15) is 5.10 Å². The van der Waals surface area contributed by atoms with E-state index < -0.39 is 0 Å². The van der Waals surface area contributed by atoms with Crippen LogP contribution in [0.4, 0.5) is 5.69 Å². The van der Waals surface area contributed by atoms with Gasteiger partial charge in [0.1, 0.15) is 0 Å². The molecule has 0 spiro atoms. The molecule has 1 N–H and O–H groups in total. The molecule has 1 aliphatic heterocycles. The van der Waals surface area contributed by atoms with E-state index in [9.17, 15) is 9.59 Å². The van der Waals surface area contributed by atoms with Gasteiger partial charge in [-0.1, -0.05) is 11.6 Å². The molecule has 1 aliphatic carbocycles. The van der Waals surface area contributed by atoms with Crippen molar-refractivity contribution in [2.75, 3.05) is 18.4 Å². The van der Waals surface area contributed by atoms with E-state index in [4.69, 9.17) is 11.6 Å². The maximum atomic E-state index is 12.8. The molecule has 2 fully saturated rings. The summed E-state index contributed by atoms with van der Waals surface area (Å²) in [6.45, 7) is 1.53. The molecule has 0 radical (unpaired) electrons. The smallest absolute Gasteiger partial charge is 0.255 e. The number of aromatic nitrogens is 2. The number of benzene rings is 1. The van der Waals surface area contributed by atoms with Crippen LogP contribution in [0.5, 0.6) is 0 Å². The number of likely N-dealkylation sites (tertiary alicyclic amines) is 1. The lowest BCUT2D eigenvalue weighted by Gasteiger charge is -2.18. The molecule has 6 nitrogen and oxygen atoms in total. The summed E-state index contributed by atoms with van der Waals surface area (Å²) in [6, 6.07) is 5.05. The van der Waals surface area contributed by atoms with Gasteiger partial charge in [-0.25, -0.2) is 0 Å². The Kier molecular flexibility index (Phi) is 4.44. The Balaban J connectivity index is 1.50. The van der Waals surface area contributed by atoms with Crippen molar-refractivity contribution in [2.45, 2.75) is 25.2 Å². The van der Waals surface area contributed by atoms with Crippen molar-refractivity contribution in [3.63, 3.8) is 0 Å². The molecular formula is C19H21ClN4O2. The van der Waals surface area contributed by atoms with Crippen LogP contribution in [0.3, 0.4) is 0 Å². The number of carbonyl (C=O) groups excluding carboxylic acids is 2. The molecule has 1 saturated heterocycles. The summed E-state index contributed by atoms with van der Waals surface area (Å²) in [5.74, 6) is -0.0146. The number of hydrogen-bond donors (Lipinski definition) is 1. The van der Waals surface area contributed by atoms with E-state index in [0.29, 0.717) is 16.3 Å². The molecule has 4 rings (SSSR count). The maximum absolute atomic E-state index is 12.8. The van der Waals surface area contributed by atoms with E-state index in [2.05, 4.69) is 10.4 Å². The average Bonchev–Trinajstić information content (AvgIpc) is 3.02. The van der Waals surface area contributed by atoms with Gasteiger partial charge in [-0.05, 0) is 48.9 Å². The molecular weight excluding hydrogens is 352 g/mol. The van der Waals surface area contributed by atoms with Crippen molar-refractivity contribution in [2.24, 2.45) is 13.0 Å². The third-order valence-electron chi connectivity index (χ3n) is 5.14. The maximum Gasteiger partial charge on any atom is 0.255 e. The molecule has 136 valence electrons. The van der Waals surface area contributed by atoms with E-state index in [-0.39, 0.29) is 23.7 Å². The van der Waals surface area contributed by atoms with Gasteiger partial charge in [-0.15, -0.1) is 0 Å². The van der Waals surface area contributed by atoms with Crippen LogP contribution in [-0.4, -0.2) is 39.6 Å². The molecule has 1 saturated carbocycles. The highest BCUT2D eigenvalue weighted by molar-refractivity contribution is 6.31. The van der Waals surface area contributed by atoms with E-state index in [1.807, 2.05) is 18.1 Å². The minimum atomic E-state index is -0.0899. The first-order valence-corrected chi connectivity index (χ1v) is 9.29. The highest BCUT2D eigenvalue weighted by Crippen LogP contribution is 2.48. The van der Waals surface area contributed by atoms with E-state index in [1.165, 1.54) is 0 Å². The fourth-order valence-corrected chi connectivity index (χ4v) is 3.78. The number of aryl methyl sites for hydroxylation is 1. The van der Waals surface area contributed by atoms with Crippen LogP contribution in [0.1, 0.15) is 41.1 Å². The molecule has 26 heavy (non-hydrogen) atoms. The molecule has 2 aliphatic rings. The Morgan fingerprint density at radius 1 is 1.27 bits per heavy atom. The first-order chi connectivity index (χ1) is 12.5. The summed E-state index contributed by atoms with van der Waals surface area (Å²) in [4.78, 5) is 27.2. The van der Waals surface area contributed by atoms with Gasteiger partial charge < -0.3 is 10.2 Å². The highest BCUT2D eigenvalue weighted by Gasteiger charge is 2.44. The quantitative estimate of drug-likeness (QED) is 0.896. The summed E-state index contributed by atoms with van der Waals surface area (Å²) in [6.07, 6.45) is 6.60. The number of carbonyl (C=O) groups is 2. The predicted molar refractivity (Wildman–Crippen MR) is 99.3 cm³/mol. The van der Waals surface area contributed by atoms with Crippen molar-refractivity contribution >= 4 is 29.1 Å². The van der Waals surface area contributed by atoms with Gasteiger partial charge in [0.25, 0.3) is 5.91 Å². The van der Waals surface area contributed by atoms with Gasteiger partial charge in [-0.3, -0.25) is 14.3 Å². The zero-order valence-corrected chi connectivity index (χ0v) is 15.4. The van der Waals surface area contributed by atoms with Crippen LogP contribution in [0, 0.1) is 5.92 Å². The van der Waals surface area contributed by atoms with E-state index in [1.54, 1.807) is 29.1 Å². The second-order valence-corrected chi connectivity index (χ2v) is 7.51. The van der Waals surface area contributed by atoms with Gasteiger partial charge >= 0.3 is 0 Å². The van der Waals surface area contributed by atoms with Crippen molar-refractivity contribution in [3.8, 4) is 0 Å². The van der Waals surface area contributed by atoms with Gasteiger partial charge in [0.15, 0.2) is 0 Å². The minimum absolute atomic E-state index is 0.0472. The van der Waals surface area contributed by atoms with Crippen LogP contribution < -0.4 is 5.32 Å². The van der Waals surface area contributed by atoms with Crippen molar-refractivity contribution in [3.05, 3.63) is 46.7 Å². The Bertz CT molecular complexity index is 857. The summed E-state index contributed by atoms with van der Waals surface area (Å²) < 4.78 is 1.74. The molecule has 1 aromatic carbocycles. The number of anilines is 1. The zero-order valence-electron chi connectivity index (χ0n) is 14.6. The van der Waals surface area contributed by atoms with Crippen LogP contribution in [0.25, 0.3) is 0 Å². The SMILES string of the molecule is Cn1cc([C@@H]2C[C@@H]2C(=O)Nc2cc(Cl)ccc2C(=O)N2CCCC2)cn1. The van der Waals surface area contributed by atoms with E-state index in [0.717, 1.165) is 37.9 Å². The van der Waals surface area contributed by atoms with Crippen LogP contribution in [0.2, 0.25) is 5.02 Å². The standard InChI is InChI=1S/C19H21ClN4O2/c1-23-11-12(10-21-23)15-9-16(15)18(25)22-17-8-13(20)4-5-14(17)19(26)24-6-2-3-7-24/h4-5,8,10-11,15-16H,2-3,6-7,9H2,1H3,(H,22,25)/t15-,16-/m0/s1. The third kappa shape index (κ3) is 3.33. The van der Waals surface area contributed by atoms with Gasteiger partial charge in [0, 0.05) is 37.3 Å². The number of nitrogens with one attached hydrogen (secondary N) is 1. The second-order valence-electron chi connectivity index (χ2n) is 7.07. The van der Waals surface area contributed by atoms with E-state index >= 15 is 0 Å². The molecule has 0 bridgehead atoms. The second kappa shape index (κ2) is 6.76. The molecule has 7 heteroatoms. The average molecular weight is 373 g/mol. The number of halogens is 1. The Morgan fingerprint density at radius 2 is 2.04 bits per heavy atom. The predicted octanol–water partition coefficient (Wildman–Crippen LogP) is 3.05. The molecule has 1 aromatic heterocycles. The third-order valence-corrected chi connectivity index (χ3v) is 5.38. The Hall–Kier alpha value is -2.34. The fraction of sp³-hybridized carbons (Fsp3) is 0.421. The highest BCUT2D eigenvalue weighted by atomic mass is 35.5. The first-order valence-electron chi connectivity index (χ1n) is 8.91. The Labute approximate surface area is 157 Å². The van der Waals surface area contributed by atoms with Crippen LogP contribution >= 0.6 is 11.6 Å². The Morgan fingerprint density at radius 3 is 2.73 bits per heavy atom. The zero-order chi connectivity index (χ0) is 18.3. The largest absolute Gasteiger partial charge is 0.339 e. The summed E-state index contributed by atoms with van der Waals surface area (Å²) in [5, 5.41) is 7.59. The monoisotopic (exact) mass is 372 g/mol. The fourth-order valence-electron chi connectivity index (χ4n) is 3.61. The topological polar surface area (TPSA) is 67.2 Å². The van der Waals surface area contributed by atoms with Crippen LogP contribution in [0.15, 0.2) is 30.6 Å². The van der Waals surface area contributed by atoms with Crippen molar-refractivity contribution in [1.29, 1.82) is 0 Å². The van der Waals surface area contributed by atoms with Crippen molar-refractivity contribution < 1.29 is 9.59 Å².